The van der Waals surface area contributed by atoms with Crippen LogP contribution in [0.2, 0.25) is 5.02 Å². The van der Waals surface area contributed by atoms with Gasteiger partial charge in [-0.1, -0.05) is 35.9 Å². The Morgan fingerprint density at radius 2 is 1.54 bits per heavy atom. The molecule has 0 saturated carbocycles. The summed E-state index contributed by atoms with van der Waals surface area (Å²) in [5.74, 6) is 1.47. The van der Waals surface area contributed by atoms with E-state index in [0.29, 0.717) is 47.8 Å². The predicted molar refractivity (Wildman–Crippen MR) is 216 cm³/mol. The molecular weight excluding hydrogens is 829 g/mol. The zero-order valence-corrected chi connectivity index (χ0v) is 34.1. The standard InChI is InChI=1S/C40H42ClF2IN6O4/c1-23-18-31(49(21-25-8-12-27(52-6)13-9-25)22-26-10-14-28(53-7)15-11-26)45-36(34(23)44)32-30(41)19-29-35(33(32)42)46-38(43)47-37(29)50-17-16-48(20-24(50)2)39(51)54-40(3,4)5/h8-15,18-19,24H,16-17,20-22H2,1-7H3. The average Bonchev–Trinajstić information content (AvgIpc) is 3.13. The lowest BCUT2D eigenvalue weighted by Gasteiger charge is -2.41. The number of carbonyl (C=O) groups excluding carboxylic acids is 1. The Hall–Kier alpha value is -4.50. The number of halogens is 4. The fraction of sp³-hybridized carbons (Fsp3) is 0.350. The summed E-state index contributed by atoms with van der Waals surface area (Å²) in [6.07, 6.45) is -1.51. The number of benzene rings is 3. The molecule has 1 aliphatic rings. The third-order valence-corrected chi connectivity index (χ3v) is 10.8. The van der Waals surface area contributed by atoms with Crippen LogP contribution in [0.3, 0.4) is 0 Å². The first-order valence-electron chi connectivity index (χ1n) is 17.4. The maximum Gasteiger partial charge on any atom is 0.410 e. The third kappa shape index (κ3) is 8.57. The molecule has 0 radical (unpaired) electrons. The van der Waals surface area contributed by atoms with Crippen LogP contribution in [-0.2, 0) is 17.8 Å². The zero-order chi connectivity index (χ0) is 38.9. The van der Waals surface area contributed by atoms with Crippen LogP contribution in [0.1, 0.15) is 44.4 Å². The van der Waals surface area contributed by atoms with Crippen molar-refractivity contribution < 1.29 is 27.8 Å². The molecule has 3 heterocycles. The van der Waals surface area contributed by atoms with E-state index in [1.165, 1.54) is 0 Å². The van der Waals surface area contributed by atoms with E-state index in [9.17, 15) is 4.79 Å². The Labute approximate surface area is 332 Å². The molecule has 1 unspecified atom stereocenters. The molecule has 0 N–H and O–H groups in total. The first-order valence-corrected chi connectivity index (χ1v) is 18.9. The SMILES string of the molecule is COc1ccc(CN(Cc2ccc(OC)cc2)c2cc(C)c(I)c(-c3c(Cl)cc4c(N5CCN(C(=O)OC(C)(C)C)CC5C)nc(F)nc4c3F)n2)cc1. The van der Waals surface area contributed by atoms with E-state index in [-0.39, 0.29) is 33.3 Å². The van der Waals surface area contributed by atoms with Crippen LogP contribution in [0.25, 0.3) is 22.2 Å². The van der Waals surface area contributed by atoms with E-state index < -0.39 is 23.6 Å². The van der Waals surface area contributed by atoms with Crippen LogP contribution >= 0.6 is 34.2 Å². The molecule has 284 valence electrons. The lowest BCUT2D eigenvalue weighted by Crippen LogP contribution is -2.55. The molecule has 14 heteroatoms. The largest absolute Gasteiger partial charge is 0.497 e. The third-order valence-electron chi connectivity index (χ3n) is 9.14. The topological polar surface area (TPSA) is 93.2 Å². The first kappa shape index (κ1) is 39.2. The fourth-order valence-corrected chi connectivity index (χ4v) is 7.27. The molecule has 1 amide bonds. The van der Waals surface area contributed by atoms with Crippen LogP contribution in [0.15, 0.2) is 60.7 Å². The second-order valence-electron chi connectivity index (χ2n) is 14.2. The molecule has 0 aliphatic carbocycles. The van der Waals surface area contributed by atoms with Crippen molar-refractivity contribution in [2.75, 3.05) is 43.7 Å². The highest BCUT2D eigenvalue weighted by atomic mass is 127. The van der Waals surface area contributed by atoms with Crippen molar-refractivity contribution in [2.24, 2.45) is 0 Å². The Balaban J connectivity index is 1.40. The Morgan fingerprint density at radius 1 is 0.944 bits per heavy atom. The monoisotopic (exact) mass is 870 g/mol. The van der Waals surface area contributed by atoms with E-state index in [1.54, 1.807) is 25.2 Å². The number of hydrogen-bond acceptors (Lipinski definition) is 9. The molecular formula is C40H42ClF2IN6O4. The van der Waals surface area contributed by atoms with Gasteiger partial charge in [-0.05, 0) is 110 Å². The average molecular weight is 871 g/mol. The quantitative estimate of drug-likeness (QED) is 0.106. The van der Waals surface area contributed by atoms with E-state index in [1.807, 2.05) is 94.1 Å². The fourth-order valence-electron chi connectivity index (χ4n) is 6.44. The summed E-state index contributed by atoms with van der Waals surface area (Å²) in [5.41, 5.74) is 2.34. The van der Waals surface area contributed by atoms with Gasteiger partial charge in [-0.15, -0.1) is 0 Å². The molecule has 1 saturated heterocycles. The summed E-state index contributed by atoms with van der Waals surface area (Å²) in [4.78, 5) is 31.4. The van der Waals surface area contributed by atoms with Gasteiger partial charge in [0, 0.05) is 47.7 Å². The summed E-state index contributed by atoms with van der Waals surface area (Å²) < 4.78 is 49.1. The van der Waals surface area contributed by atoms with Crippen molar-refractivity contribution in [3.8, 4) is 22.8 Å². The number of piperazine rings is 1. The summed E-state index contributed by atoms with van der Waals surface area (Å²) in [6, 6.07) is 18.8. The number of carbonyl (C=O) groups is 1. The number of anilines is 2. The smallest absolute Gasteiger partial charge is 0.410 e. The minimum atomic E-state index is -1.08. The molecule has 3 aromatic carbocycles. The number of fused-ring (bicyclic) bond motifs is 1. The van der Waals surface area contributed by atoms with Crippen molar-refractivity contribution in [3.05, 3.63) is 97.8 Å². The van der Waals surface area contributed by atoms with Crippen molar-refractivity contribution in [2.45, 2.75) is 59.4 Å². The number of nitrogens with zero attached hydrogens (tertiary/aromatic N) is 6. The van der Waals surface area contributed by atoms with Crippen LogP contribution in [-0.4, -0.2) is 71.4 Å². The number of rotatable bonds is 9. The second-order valence-corrected chi connectivity index (χ2v) is 15.7. The van der Waals surface area contributed by atoms with Gasteiger partial charge >= 0.3 is 12.2 Å². The van der Waals surface area contributed by atoms with Crippen molar-refractivity contribution in [3.63, 3.8) is 0 Å². The number of aromatic nitrogens is 3. The van der Waals surface area contributed by atoms with E-state index in [2.05, 4.69) is 37.5 Å². The summed E-state index contributed by atoms with van der Waals surface area (Å²) in [5, 5.41) is 0.332. The van der Waals surface area contributed by atoms with E-state index >= 15 is 8.78 Å². The minimum Gasteiger partial charge on any atom is -0.497 e. The van der Waals surface area contributed by atoms with Gasteiger partial charge in [0.15, 0.2) is 5.82 Å². The van der Waals surface area contributed by atoms with Gasteiger partial charge < -0.3 is 28.9 Å². The van der Waals surface area contributed by atoms with Gasteiger partial charge in [0.25, 0.3) is 0 Å². The van der Waals surface area contributed by atoms with Crippen molar-refractivity contribution >= 4 is 62.8 Å². The predicted octanol–water partition coefficient (Wildman–Crippen LogP) is 9.21. The molecule has 2 aromatic heterocycles. The van der Waals surface area contributed by atoms with Gasteiger partial charge in [0.1, 0.15) is 34.3 Å². The number of hydrogen-bond donors (Lipinski definition) is 0. The molecule has 10 nitrogen and oxygen atoms in total. The maximum atomic E-state index is 16.9. The highest BCUT2D eigenvalue weighted by Gasteiger charge is 2.33. The number of pyridine rings is 1. The van der Waals surface area contributed by atoms with Crippen LogP contribution in [0.5, 0.6) is 11.5 Å². The summed E-state index contributed by atoms with van der Waals surface area (Å²) >= 11 is 9.11. The number of aryl methyl sites for hydroxylation is 1. The molecule has 1 aliphatic heterocycles. The van der Waals surface area contributed by atoms with Gasteiger partial charge in [-0.2, -0.15) is 14.4 Å². The van der Waals surface area contributed by atoms with E-state index in [4.69, 9.17) is 30.8 Å². The van der Waals surface area contributed by atoms with Gasteiger partial charge in [0.2, 0.25) is 0 Å². The Kier molecular flexibility index (Phi) is 11.7. The first-order chi connectivity index (χ1) is 25.6. The van der Waals surface area contributed by atoms with Crippen LogP contribution in [0.4, 0.5) is 25.2 Å². The summed E-state index contributed by atoms with van der Waals surface area (Å²) in [7, 11) is 3.25. The second kappa shape index (κ2) is 16.1. The van der Waals surface area contributed by atoms with Gasteiger partial charge in [-0.3, -0.25) is 0 Å². The number of ether oxygens (including phenoxy) is 3. The molecule has 6 rings (SSSR count). The van der Waals surface area contributed by atoms with Gasteiger partial charge in [-0.25, -0.2) is 14.2 Å². The molecule has 5 aromatic rings. The maximum absolute atomic E-state index is 16.9. The normalized spacial score (nSPS) is 14.7. The zero-order valence-electron chi connectivity index (χ0n) is 31.2. The van der Waals surface area contributed by atoms with Crippen LogP contribution in [0, 0.1) is 22.4 Å². The highest BCUT2D eigenvalue weighted by Crippen LogP contribution is 2.41. The lowest BCUT2D eigenvalue weighted by atomic mass is 10.0. The highest BCUT2D eigenvalue weighted by molar-refractivity contribution is 14.1. The number of methoxy groups -OCH3 is 2. The van der Waals surface area contributed by atoms with E-state index in [0.717, 1.165) is 28.2 Å². The van der Waals surface area contributed by atoms with Crippen LogP contribution < -0.4 is 19.3 Å². The van der Waals surface area contributed by atoms with Crippen molar-refractivity contribution in [1.82, 2.24) is 19.9 Å². The number of amides is 1. The Morgan fingerprint density at radius 3 is 2.07 bits per heavy atom. The lowest BCUT2D eigenvalue weighted by molar-refractivity contribution is 0.0218. The molecule has 1 fully saturated rings. The summed E-state index contributed by atoms with van der Waals surface area (Å²) in [6.45, 7) is 11.1. The van der Waals surface area contributed by atoms with Crippen molar-refractivity contribution in [1.29, 1.82) is 0 Å². The minimum absolute atomic E-state index is 0.0132. The molecule has 1 atom stereocenters. The Bertz CT molecular complexity index is 2120. The molecule has 54 heavy (non-hydrogen) atoms. The molecule has 0 spiro atoms. The van der Waals surface area contributed by atoms with Gasteiger partial charge in [0.05, 0.1) is 30.5 Å². The molecule has 0 bridgehead atoms.